The van der Waals surface area contributed by atoms with Gasteiger partial charge < -0.3 is 11.1 Å². The number of carbonyl (C=O) groups excluding carboxylic acids is 1. The molecule has 2 rings (SSSR count). The molecule has 0 radical (unpaired) electrons. The second-order valence-corrected chi connectivity index (χ2v) is 5.74. The molecule has 1 saturated heterocycles. The van der Waals surface area contributed by atoms with Crippen molar-refractivity contribution >= 4 is 40.6 Å². The highest BCUT2D eigenvalue weighted by Crippen LogP contribution is 2.29. The maximum Gasteiger partial charge on any atom is 0.271 e. The minimum atomic E-state index is -0.604. The fourth-order valence-electron chi connectivity index (χ4n) is 1.81. The van der Waals surface area contributed by atoms with Crippen LogP contribution in [-0.2, 0) is 0 Å². The number of nitrogens with zero attached hydrogens (tertiary/aromatic N) is 1. The summed E-state index contributed by atoms with van der Waals surface area (Å²) in [5.74, 6) is 1.42. The van der Waals surface area contributed by atoms with Crippen LogP contribution < -0.4 is 11.1 Å². The molecule has 1 heterocycles. The first-order chi connectivity index (χ1) is 8.99. The van der Waals surface area contributed by atoms with Crippen molar-refractivity contribution in [1.82, 2.24) is 5.32 Å². The Hall–Kier alpha value is -1.47. The number of nitro benzene ring substituents is 1. The van der Waals surface area contributed by atoms with E-state index in [2.05, 4.69) is 5.32 Å². The smallest absolute Gasteiger partial charge is 0.271 e. The monoisotopic (exact) mass is 301 g/mol. The maximum absolute atomic E-state index is 12.1. The largest absolute Gasteiger partial charge is 0.397 e. The Morgan fingerprint density at radius 1 is 1.58 bits per heavy atom. The summed E-state index contributed by atoms with van der Waals surface area (Å²) in [7, 11) is 0. The number of halogens is 1. The van der Waals surface area contributed by atoms with Gasteiger partial charge in [0.1, 0.15) is 0 Å². The van der Waals surface area contributed by atoms with Crippen LogP contribution >= 0.6 is 23.4 Å². The number of nitro groups is 1. The van der Waals surface area contributed by atoms with Crippen LogP contribution in [0.1, 0.15) is 16.8 Å². The van der Waals surface area contributed by atoms with Gasteiger partial charge in [-0.15, -0.1) is 0 Å². The molecule has 1 aromatic carbocycles. The van der Waals surface area contributed by atoms with Crippen LogP contribution in [0.15, 0.2) is 12.1 Å². The van der Waals surface area contributed by atoms with Gasteiger partial charge in [-0.2, -0.15) is 11.8 Å². The third-order valence-corrected chi connectivity index (χ3v) is 4.31. The fraction of sp³-hybridized carbons (Fsp3) is 0.364. The van der Waals surface area contributed by atoms with Crippen LogP contribution in [0.4, 0.5) is 11.4 Å². The number of rotatable bonds is 3. The zero-order chi connectivity index (χ0) is 14.0. The molecule has 1 fully saturated rings. The molecule has 0 spiro atoms. The zero-order valence-electron chi connectivity index (χ0n) is 9.89. The highest BCUT2D eigenvalue weighted by molar-refractivity contribution is 7.99. The molecule has 6 nitrogen and oxygen atoms in total. The number of anilines is 1. The van der Waals surface area contributed by atoms with E-state index in [0.717, 1.165) is 30.1 Å². The lowest BCUT2D eigenvalue weighted by atomic mass is 10.1. The van der Waals surface area contributed by atoms with E-state index in [9.17, 15) is 14.9 Å². The van der Waals surface area contributed by atoms with Crippen molar-refractivity contribution in [3.05, 3.63) is 32.8 Å². The van der Waals surface area contributed by atoms with E-state index < -0.39 is 10.8 Å². The van der Waals surface area contributed by atoms with Gasteiger partial charge in [0.25, 0.3) is 11.6 Å². The highest BCUT2D eigenvalue weighted by Gasteiger charge is 2.22. The number of benzene rings is 1. The van der Waals surface area contributed by atoms with Gasteiger partial charge in [0.05, 0.1) is 21.2 Å². The van der Waals surface area contributed by atoms with Crippen LogP contribution in [0.5, 0.6) is 0 Å². The summed E-state index contributed by atoms with van der Waals surface area (Å²) in [6.07, 6.45) is 0.888. The Morgan fingerprint density at radius 3 is 2.89 bits per heavy atom. The number of non-ortho nitro benzene ring substituents is 1. The summed E-state index contributed by atoms with van der Waals surface area (Å²) < 4.78 is 0. The van der Waals surface area contributed by atoms with Gasteiger partial charge in [-0.05, 0) is 12.2 Å². The lowest BCUT2D eigenvalue weighted by Crippen LogP contribution is -2.35. The second-order valence-electron chi connectivity index (χ2n) is 4.18. The average Bonchev–Trinajstić information content (AvgIpc) is 2.84. The molecule has 1 amide bonds. The van der Waals surface area contributed by atoms with Crippen molar-refractivity contribution in [2.45, 2.75) is 12.5 Å². The van der Waals surface area contributed by atoms with Gasteiger partial charge in [0, 0.05) is 23.9 Å². The number of thioether (sulfide) groups is 1. The molecule has 1 aromatic rings. The number of nitrogens with two attached hydrogens (primary N) is 1. The molecule has 1 aliphatic heterocycles. The first-order valence-corrected chi connectivity index (χ1v) is 7.14. The topological polar surface area (TPSA) is 98.3 Å². The molecular formula is C11H12ClN3O3S. The lowest BCUT2D eigenvalue weighted by molar-refractivity contribution is -0.384. The van der Waals surface area contributed by atoms with Crippen LogP contribution in [0.3, 0.4) is 0 Å². The fourth-order valence-corrected chi connectivity index (χ4v) is 3.17. The molecule has 0 aromatic heterocycles. The van der Waals surface area contributed by atoms with Gasteiger partial charge in [-0.1, -0.05) is 11.6 Å². The van der Waals surface area contributed by atoms with E-state index in [4.69, 9.17) is 17.3 Å². The molecule has 19 heavy (non-hydrogen) atoms. The van der Waals surface area contributed by atoms with Crippen LogP contribution in [0.2, 0.25) is 5.02 Å². The quantitative estimate of drug-likeness (QED) is 0.506. The van der Waals surface area contributed by atoms with Crippen molar-refractivity contribution < 1.29 is 9.72 Å². The summed E-state index contributed by atoms with van der Waals surface area (Å²) in [5, 5.41) is 13.6. The molecule has 8 heteroatoms. The first kappa shape index (κ1) is 14.0. The van der Waals surface area contributed by atoms with E-state index in [0.29, 0.717) is 0 Å². The molecule has 1 unspecified atom stereocenters. The predicted octanol–water partition coefficient (Wildman–Crippen LogP) is 2.07. The van der Waals surface area contributed by atoms with Crippen LogP contribution in [-0.4, -0.2) is 28.4 Å². The number of nitrogens with one attached hydrogen (secondary N) is 1. The van der Waals surface area contributed by atoms with Crippen LogP contribution in [0.25, 0.3) is 0 Å². The molecule has 1 aliphatic rings. The zero-order valence-corrected chi connectivity index (χ0v) is 11.5. The normalized spacial score (nSPS) is 18.3. The SMILES string of the molecule is Nc1c(Cl)cc([N+](=O)[O-])cc1C(=O)NC1CCSC1. The summed E-state index contributed by atoms with van der Waals surface area (Å²) in [6, 6.07) is 2.37. The minimum Gasteiger partial charge on any atom is -0.397 e. The first-order valence-electron chi connectivity index (χ1n) is 5.61. The second kappa shape index (κ2) is 5.66. The number of hydrogen-bond acceptors (Lipinski definition) is 5. The average molecular weight is 302 g/mol. The predicted molar refractivity (Wildman–Crippen MR) is 75.7 cm³/mol. The lowest BCUT2D eigenvalue weighted by Gasteiger charge is -2.13. The molecule has 0 aliphatic carbocycles. The van der Waals surface area contributed by atoms with Gasteiger partial charge in [-0.25, -0.2) is 0 Å². The molecular weight excluding hydrogens is 290 g/mol. The van der Waals surface area contributed by atoms with Crippen molar-refractivity contribution in [3.8, 4) is 0 Å². The molecule has 0 saturated carbocycles. The van der Waals surface area contributed by atoms with Crippen molar-refractivity contribution in [3.63, 3.8) is 0 Å². The van der Waals surface area contributed by atoms with Gasteiger partial charge in [0.2, 0.25) is 0 Å². The Labute approximate surface area is 118 Å². The van der Waals surface area contributed by atoms with E-state index in [-0.39, 0.29) is 28.0 Å². The Bertz CT molecular complexity index is 532. The van der Waals surface area contributed by atoms with E-state index in [1.807, 2.05) is 0 Å². The molecule has 3 N–H and O–H groups in total. The molecule has 102 valence electrons. The summed E-state index contributed by atoms with van der Waals surface area (Å²) >= 11 is 7.56. The number of hydrogen-bond donors (Lipinski definition) is 2. The summed E-state index contributed by atoms with van der Waals surface area (Å²) in [4.78, 5) is 22.2. The van der Waals surface area contributed by atoms with Crippen molar-refractivity contribution in [1.29, 1.82) is 0 Å². The van der Waals surface area contributed by atoms with Gasteiger partial charge >= 0.3 is 0 Å². The Morgan fingerprint density at radius 2 is 2.32 bits per heavy atom. The summed E-state index contributed by atoms with van der Waals surface area (Å²) in [6.45, 7) is 0. The van der Waals surface area contributed by atoms with Crippen molar-refractivity contribution in [2.24, 2.45) is 0 Å². The van der Waals surface area contributed by atoms with Gasteiger partial charge in [0.15, 0.2) is 0 Å². The number of amides is 1. The highest BCUT2D eigenvalue weighted by atomic mass is 35.5. The minimum absolute atomic E-state index is 0.0140. The van der Waals surface area contributed by atoms with Crippen LogP contribution in [0, 0.1) is 10.1 Å². The number of carbonyl (C=O) groups is 1. The Kier molecular flexibility index (Phi) is 4.16. The van der Waals surface area contributed by atoms with E-state index in [1.54, 1.807) is 11.8 Å². The Balaban J connectivity index is 2.26. The number of nitrogen functional groups attached to an aromatic ring is 1. The van der Waals surface area contributed by atoms with E-state index in [1.165, 1.54) is 0 Å². The van der Waals surface area contributed by atoms with Gasteiger partial charge in [-0.3, -0.25) is 14.9 Å². The van der Waals surface area contributed by atoms with Crippen molar-refractivity contribution in [2.75, 3.05) is 17.2 Å². The maximum atomic E-state index is 12.1. The standard InChI is InChI=1S/C11H12ClN3O3S/c12-9-4-7(15(17)18)3-8(10(9)13)11(16)14-6-1-2-19-5-6/h3-4,6H,1-2,5,13H2,(H,14,16). The molecule has 1 atom stereocenters. The molecule has 0 bridgehead atoms. The third-order valence-electron chi connectivity index (χ3n) is 2.83. The summed E-state index contributed by atoms with van der Waals surface area (Å²) in [5.41, 5.74) is 5.58. The third kappa shape index (κ3) is 3.10. The van der Waals surface area contributed by atoms with E-state index >= 15 is 0 Å².